The summed E-state index contributed by atoms with van der Waals surface area (Å²) in [6.07, 6.45) is 0.209. The molecule has 4 rings (SSSR count). The van der Waals surface area contributed by atoms with E-state index in [0.29, 0.717) is 26.2 Å². The Kier molecular flexibility index (Phi) is 4.79. The fourth-order valence-electron chi connectivity index (χ4n) is 4.00. The lowest BCUT2D eigenvalue weighted by Crippen LogP contribution is -2.54. The van der Waals surface area contributed by atoms with E-state index in [0.717, 1.165) is 10.6 Å². The van der Waals surface area contributed by atoms with Crippen LogP contribution in [0.3, 0.4) is 0 Å². The molecule has 3 aliphatic rings. The van der Waals surface area contributed by atoms with Crippen molar-refractivity contribution in [2.75, 3.05) is 37.6 Å². The van der Waals surface area contributed by atoms with Crippen LogP contribution in [-0.4, -0.2) is 78.1 Å². The molecule has 0 aliphatic carbocycles. The van der Waals surface area contributed by atoms with Crippen LogP contribution in [0.1, 0.15) is 33.6 Å². The van der Waals surface area contributed by atoms with Gasteiger partial charge in [-0.15, -0.1) is 0 Å². The van der Waals surface area contributed by atoms with Crippen molar-refractivity contribution in [1.29, 1.82) is 0 Å². The molecule has 0 bridgehead atoms. The maximum Gasteiger partial charge on any atom is 0.262 e. The Morgan fingerprint density at radius 1 is 1.03 bits per heavy atom. The van der Waals surface area contributed by atoms with Gasteiger partial charge in [-0.1, -0.05) is 0 Å². The molecule has 152 valence electrons. The maximum atomic E-state index is 12.9. The Morgan fingerprint density at radius 2 is 1.72 bits per heavy atom. The average molecular weight is 399 g/mol. The summed E-state index contributed by atoms with van der Waals surface area (Å²) in [5.41, 5.74) is 6.68. The molecule has 2 saturated heterocycles. The van der Waals surface area contributed by atoms with Crippen molar-refractivity contribution in [3.05, 3.63) is 29.3 Å². The van der Waals surface area contributed by atoms with E-state index in [1.54, 1.807) is 23.1 Å². The third kappa shape index (κ3) is 3.25. The normalized spacial score (nSPS) is 22.1. The first-order valence-corrected chi connectivity index (χ1v) is 9.49. The summed E-state index contributed by atoms with van der Waals surface area (Å²) in [5, 5.41) is 2.18. The molecule has 10 nitrogen and oxygen atoms in total. The second-order valence-corrected chi connectivity index (χ2v) is 7.25. The molecule has 3 N–H and O–H groups in total. The average Bonchev–Trinajstić information content (AvgIpc) is 2.98. The van der Waals surface area contributed by atoms with Crippen molar-refractivity contribution in [2.45, 2.75) is 18.9 Å². The monoisotopic (exact) mass is 399 g/mol. The van der Waals surface area contributed by atoms with Gasteiger partial charge in [0.1, 0.15) is 6.04 Å². The molecule has 1 atom stereocenters. The quantitative estimate of drug-likeness (QED) is 0.603. The van der Waals surface area contributed by atoms with Gasteiger partial charge >= 0.3 is 0 Å². The summed E-state index contributed by atoms with van der Waals surface area (Å²) in [5.74, 6) is -2.18. The summed E-state index contributed by atoms with van der Waals surface area (Å²) in [4.78, 5) is 65.5. The molecule has 0 spiro atoms. The van der Waals surface area contributed by atoms with E-state index in [9.17, 15) is 24.0 Å². The summed E-state index contributed by atoms with van der Waals surface area (Å²) in [6, 6.07) is 4.03. The van der Waals surface area contributed by atoms with Gasteiger partial charge in [0.15, 0.2) is 0 Å². The topological polar surface area (TPSA) is 133 Å². The molecule has 0 saturated carbocycles. The number of nitrogens with two attached hydrogens (primary N) is 1. The summed E-state index contributed by atoms with van der Waals surface area (Å²) >= 11 is 0. The number of piperidine rings is 1. The van der Waals surface area contributed by atoms with Crippen LogP contribution in [0.4, 0.5) is 5.69 Å². The van der Waals surface area contributed by atoms with Gasteiger partial charge in [0.25, 0.3) is 11.8 Å². The van der Waals surface area contributed by atoms with Crippen LogP contribution >= 0.6 is 0 Å². The number of nitrogens with one attached hydrogen (secondary N) is 1. The highest BCUT2D eigenvalue weighted by Crippen LogP contribution is 2.31. The second-order valence-electron chi connectivity index (χ2n) is 7.25. The Hall–Kier alpha value is -3.27. The highest BCUT2D eigenvalue weighted by atomic mass is 16.2. The Bertz CT molecular complexity index is 922. The first kappa shape index (κ1) is 19.1. The van der Waals surface area contributed by atoms with Crippen LogP contribution in [0, 0.1) is 0 Å². The van der Waals surface area contributed by atoms with Crippen LogP contribution < -0.4 is 16.0 Å². The lowest BCUT2D eigenvalue weighted by Gasteiger charge is -2.36. The van der Waals surface area contributed by atoms with Crippen LogP contribution in [0.15, 0.2) is 18.2 Å². The Labute approximate surface area is 166 Å². The van der Waals surface area contributed by atoms with Crippen LogP contribution in [0.25, 0.3) is 0 Å². The largest absolute Gasteiger partial charge is 0.368 e. The number of fused-ring (bicyclic) bond motifs is 1. The minimum atomic E-state index is -0.977. The molecule has 0 aromatic heterocycles. The number of carbonyl (C=O) groups is 5. The van der Waals surface area contributed by atoms with Crippen LogP contribution in [0.2, 0.25) is 0 Å². The van der Waals surface area contributed by atoms with Gasteiger partial charge in [0, 0.05) is 38.3 Å². The Morgan fingerprint density at radius 3 is 2.38 bits per heavy atom. The van der Waals surface area contributed by atoms with Crippen molar-refractivity contribution in [3.63, 3.8) is 0 Å². The molecule has 29 heavy (non-hydrogen) atoms. The van der Waals surface area contributed by atoms with Gasteiger partial charge < -0.3 is 15.5 Å². The standard InChI is InChI=1S/C19H21N5O5/c20-10-16(26)23-7-5-22(6-8-23)11-1-2-12-13(9-11)19(29)24(18(12)28)14-3-4-15(25)21-17(14)27/h1-2,9,14H,3-8,10,20H2,(H,21,25,27). The number of amides is 5. The molecule has 0 radical (unpaired) electrons. The smallest absolute Gasteiger partial charge is 0.262 e. The van der Waals surface area contributed by atoms with E-state index in [2.05, 4.69) is 5.32 Å². The minimum Gasteiger partial charge on any atom is -0.368 e. The van der Waals surface area contributed by atoms with E-state index in [4.69, 9.17) is 5.73 Å². The number of benzene rings is 1. The fraction of sp³-hybridized carbons (Fsp3) is 0.421. The van der Waals surface area contributed by atoms with Gasteiger partial charge in [-0.3, -0.25) is 34.2 Å². The van der Waals surface area contributed by atoms with E-state index in [1.165, 1.54) is 0 Å². The van der Waals surface area contributed by atoms with Crippen molar-refractivity contribution < 1.29 is 24.0 Å². The van der Waals surface area contributed by atoms with Crippen molar-refractivity contribution >= 4 is 35.2 Å². The number of rotatable bonds is 3. The van der Waals surface area contributed by atoms with Crippen molar-refractivity contribution in [1.82, 2.24) is 15.1 Å². The highest BCUT2D eigenvalue weighted by molar-refractivity contribution is 6.23. The number of carbonyl (C=O) groups excluding carboxylic acids is 5. The third-order valence-corrected chi connectivity index (χ3v) is 5.60. The predicted molar refractivity (Wildman–Crippen MR) is 101 cm³/mol. The van der Waals surface area contributed by atoms with Gasteiger partial charge in [-0.05, 0) is 24.6 Å². The number of hydrogen-bond acceptors (Lipinski definition) is 7. The zero-order chi connectivity index (χ0) is 20.7. The number of piperazine rings is 1. The van der Waals surface area contributed by atoms with Gasteiger partial charge in [-0.25, -0.2) is 0 Å². The fourth-order valence-corrected chi connectivity index (χ4v) is 4.00. The zero-order valence-electron chi connectivity index (χ0n) is 15.7. The SMILES string of the molecule is NCC(=O)N1CCN(c2ccc3c(c2)C(=O)N(C2CCC(=O)NC2=O)C3=O)CC1. The van der Waals surface area contributed by atoms with Crippen molar-refractivity contribution in [3.8, 4) is 0 Å². The van der Waals surface area contributed by atoms with Gasteiger partial charge in [-0.2, -0.15) is 0 Å². The van der Waals surface area contributed by atoms with E-state index >= 15 is 0 Å². The molecule has 3 aliphatic heterocycles. The van der Waals surface area contributed by atoms with E-state index < -0.39 is 29.7 Å². The number of anilines is 1. The Balaban J connectivity index is 1.53. The molecule has 5 amide bonds. The molecular weight excluding hydrogens is 378 g/mol. The second kappa shape index (κ2) is 7.28. The van der Waals surface area contributed by atoms with Crippen molar-refractivity contribution in [2.24, 2.45) is 5.73 Å². The molecular formula is C19H21N5O5. The molecule has 3 heterocycles. The minimum absolute atomic E-state index is 0.0222. The molecule has 1 unspecified atom stereocenters. The molecule has 10 heteroatoms. The number of hydrogen-bond donors (Lipinski definition) is 2. The maximum absolute atomic E-state index is 12.9. The summed E-state index contributed by atoms with van der Waals surface area (Å²) < 4.78 is 0. The predicted octanol–water partition coefficient (Wildman–Crippen LogP) is -1.30. The van der Waals surface area contributed by atoms with E-state index in [-0.39, 0.29) is 36.4 Å². The van der Waals surface area contributed by atoms with Gasteiger partial charge in [0.2, 0.25) is 17.7 Å². The zero-order valence-corrected chi connectivity index (χ0v) is 15.7. The molecule has 1 aromatic rings. The first-order chi connectivity index (χ1) is 13.9. The summed E-state index contributed by atoms with van der Waals surface area (Å²) in [6.45, 7) is 2.21. The van der Waals surface area contributed by atoms with E-state index in [1.807, 2.05) is 4.90 Å². The molecule has 1 aromatic carbocycles. The van der Waals surface area contributed by atoms with Crippen LogP contribution in [0.5, 0.6) is 0 Å². The number of imide groups is 2. The number of nitrogens with zero attached hydrogens (tertiary/aromatic N) is 3. The summed E-state index contributed by atoms with van der Waals surface area (Å²) in [7, 11) is 0. The third-order valence-electron chi connectivity index (χ3n) is 5.60. The lowest BCUT2D eigenvalue weighted by atomic mass is 10.0. The highest BCUT2D eigenvalue weighted by Gasteiger charge is 2.44. The lowest BCUT2D eigenvalue weighted by molar-refractivity contribution is -0.136. The van der Waals surface area contributed by atoms with Gasteiger partial charge in [0.05, 0.1) is 17.7 Å². The van der Waals surface area contributed by atoms with Crippen LogP contribution in [-0.2, 0) is 14.4 Å². The molecule has 2 fully saturated rings. The first-order valence-electron chi connectivity index (χ1n) is 9.49.